The molecule has 0 saturated carbocycles. The Bertz CT molecular complexity index is 676. The molecule has 0 bridgehead atoms. The number of alkyl carbamates (subject to hydrolysis) is 1. The first-order valence-corrected chi connectivity index (χ1v) is 10.2. The summed E-state index contributed by atoms with van der Waals surface area (Å²) in [5.41, 5.74) is 0.412. The maximum atomic E-state index is 12.4. The quantitative estimate of drug-likeness (QED) is 0.697. The van der Waals surface area contributed by atoms with Gasteiger partial charge in [-0.1, -0.05) is 30.3 Å². The fourth-order valence-electron chi connectivity index (χ4n) is 3.14. The average molecular weight is 405 g/mol. The highest BCUT2D eigenvalue weighted by atomic mass is 16.6. The van der Waals surface area contributed by atoms with Crippen molar-refractivity contribution in [1.29, 1.82) is 0 Å². The van der Waals surface area contributed by atoms with E-state index in [1.807, 2.05) is 51.1 Å². The molecule has 7 heteroatoms. The number of carbonyl (C=O) groups excluding carboxylic acids is 3. The van der Waals surface area contributed by atoms with E-state index in [0.717, 1.165) is 5.56 Å². The van der Waals surface area contributed by atoms with Crippen LogP contribution in [-0.4, -0.2) is 48.1 Å². The summed E-state index contributed by atoms with van der Waals surface area (Å²) in [6.45, 7) is 7.22. The second-order valence-electron chi connectivity index (χ2n) is 8.30. The molecule has 1 aromatic rings. The Balaban J connectivity index is 1.58. The SMILES string of the molecule is CC(C)(C)OC(=O)N1CCC(C(=O)CCCNC(=O)OCc2ccccc2)CC1. The summed E-state index contributed by atoms with van der Waals surface area (Å²) in [4.78, 5) is 37.8. The lowest BCUT2D eigenvalue weighted by Gasteiger charge is -2.33. The van der Waals surface area contributed by atoms with Crippen LogP contribution >= 0.6 is 0 Å². The number of nitrogens with zero attached hydrogens (tertiary/aromatic N) is 1. The first kappa shape index (κ1) is 22.7. The topological polar surface area (TPSA) is 84.9 Å². The van der Waals surface area contributed by atoms with E-state index in [1.54, 1.807) is 4.90 Å². The monoisotopic (exact) mass is 404 g/mol. The fourth-order valence-corrected chi connectivity index (χ4v) is 3.14. The molecule has 29 heavy (non-hydrogen) atoms. The van der Waals surface area contributed by atoms with Gasteiger partial charge < -0.3 is 19.7 Å². The fraction of sp³-hybridized carbons (Fsp3) is 0.591. The number of ether oxygens (including phenoxy) is 2. The molecule has 1 N–H and O–H groups in total. The summed E-state index contributed by atoms with van der Waals surface area (Å²) < 4.78 is 10.5. The predicted octanol–water partition coefficient (Wildman–Crippen LogP) is 3.91. The summed E-state index contributed by atoms with van der Waals surface area (Å²) in [6.07, 6.45) is 1.50. The molecule has 0 aromatic heterocycles. The Morgan fingerprint density at radius 2 is 1.76 bits per heavy atom. The minimum atomic E-state index is -0.515. The Kier molecular flexibility index (Phi) is 8.49. The van der Waals surface area contributed by atoms with Crippen LogP contribution < -0.4 is 5.32 Å². The molecule has 1 aliphatic rings. The lowest BCUT2D eigenvalue weighted by Crippen LogP contribution is -2.43. The van der Waals surface area contributed by atoms with Gasteiger partial charge in [-0.15, -0.1) is 0 Å². The summed E-state index contributed by atoms with van der Waals surface area (Å²) in [6, 6.07) is 9.46. The van der Waals surface area contributed by atoms with Crippen molar-refractivity contribution in [2.75, 3.05) is 19.6 Å². The van der Waals surface area contributed by atoms with Crippen LogP contribution in [0.4, 0.5) is 9.59 Å². The Labute approximate surface area is 172 Å². The normalized spacial score (nSPS) is 14.9. The zero-order chi connectivity index (χ0) is 21.3. The minimum absolute atomic E-state index is 0.0290. The van der Waals surface area contributed by atoms with E-state index in [4.69, 9.17) is 9.47 Å². The Morgan fingerprint density at radius 3 is 2.38 bits per heavy atom. The second kappa shape index (κ2) is 10.8. The van der Waals surface area contributed by atoms with E-state index in [0.29, 0.717) is 45.3 Å². The third kappa shape index (κ3) is 8.54. The number of piperidine rings is 1. The number of carbonyl (C=O) groups is 3. The number of hydrogen-bond donors (Lipinski definition) is 1. The van der Waals surface area contributed by atoms with Crippen molar-refractivity contribution >= 4 is 18.0 Å². The number of Topliss-reactive ketones (excluding diaryl/α,β-unsaturated/α-hetero) is 1. The van der Waals surface area contributed by atoms with Crippen molar-refractivity contribution in [3.8, 4) is 0 Å². The first-order valence-electron chi connectivity index (χ1n) is 10.2. The van der Waals surface area contributed by atoms with Crippen molar-refractivity contribution in [1.82, 2.24) is 10.2 Å². The largest absolute Gasteiger partial charge is 0.445 e. The van der Waals surface area contributed by atoms with Crippen molar-refractivity contribution in [3.63, 3.8) is 0 Å². The third-order valence-corrected chi connectivity index (χ3v) is 4.68. The molecule has 0 spiro atoms. The van der Waals surface area contributed by atoms with E-state index < -0.39 is 11.7 Å². The zero-order valence-electron chi connectivity index (χ0n) is 17.6. The number of hydrogen-bond acceptors (Lipinski definition) is 5. The Hall–Kier alpha value is -2.57. The van der Waals surface area contributed by atoms with E-state index in [-0.39, 0.29) is 24.4 Å². The van der Waals surface area contributed by atoms with Gasteiger partial charge in [0.15, 0.2) is 0 Å². The van der Waals surface area contributed by atoms with Crippen LogP contribution in [0.25, 0.3) is 0 Å². The van der Waals surface area contributed by atoms with E-state index in [1.165, 1.54) is 0 Å². The summed E-state index contributed by atoms with van der Waals surface area (Å²) in [5.74, 6) is 0.159. The first-order chi connectivity index (χ1) is 13.7. The second-order valence-corrected chi connectivity index (χ2v) is 8.30. The highest BCUT2D eigenvalue weighted by molar-refractivity contribution is 5.81. The van der Waals surface area contributed by atoms with E-state index >= 15 is 0 Å². The van der Waals surface area contributed by atoms with Gasteiger partial charge in [-0.25, -0.2) is 9.59 Å². The molecule has 0 atom stereocenters. The third-order valence-electron chi connectivity index (χ3n) is 4.68. The average Bonchev–Trinajstić information content (AvgIpc) is 2.69. The molecule has 0 aliphatic carbocycles. The van der Waals surface area contributed by atoms with E-state index in [2.05, 4.69) is 5.32 Å². The van der Waals surface area contributed by atoms with Gasteiger partial charge in [0.25, 0.3) is 0 Å². The van der Waals surface area contributed by atoms with Crippen LogP contribution in [-0.2, 0) is 20.9 Å². The predicted molar refractivity (Wildman–Crippen MR) is 109 cm³/mol. The maximum absolute atomic E-state index is 12.4. The standard InChI is InChI=1S/C22H32N2O5/c1-22(2,3)29-21(27)24-14-11-18(12-15-24)19(25)10-7-13-23-20(26)28-16-17-8-5-4-6-9-17/h4-6,8-9,18H,7,10-16H2,1-3H3,(H,23,26). The van der Waals surface area contributed by atoms with Crippen LogP contribution in [0.15, 0.2) is 30.3 Å². The van der Waals surface area contributed by atoms with Crippen molar-refractivity contribution in [3.05, 3.63) is 35.9 Å². The number of rotatable bonds is 7. The number of benzene rings is 1. The number of ketones is 1. The van der Waals surface area contributed by atoms with Gasteiger partial charge in [0.05, 0.1) is 0 Å². The molecular formula is C22H32N2O5. The molecule has 1 aromatic carbocycles. The highest BCUT2D eigenvalue weighted by Crippen LogP contribution is 2.21. The molecule has 7 nitrogen and oxygen atoms in total. The van der Waals surface area contributed by atoms with Gasteiger partial charge in [-0.3, -0.25) is 4.79 Å². The molecular weight excluding hydrogens is 372 g/mol. The molecule has 1 aliphatic heterocycles. The zero-order valence-corrected chi connectivity index (χ0v) is 17.6. The highest BCUT2D eigenvalue weighted by Gasteiger charge is 2.29. The lowest BCUT2D eigenvalue weighted by atomic mass is 9.90. The Morgan fingerprint density at radius 1 is 1.10 bits per heavy atom. The number of amides is 2. The van der Waals surface area contributed by atoms with Gasteiger partial charge in [-0.05, 0) is 45.6 Å². The van der Waals surface area contributed by atoms with Crippen molar-refractivity contribution in [2.24, 2.45) is 5.92 Å². The van der Waals surface area contributed by atoms with Gasteiger partial charge in [0, 0.05) is 32.0 Å². The lowest BCUT2D eigenvalue weighted by molar-refractivity contribution is -0.124. The summed E-state index contributed by atoms with van der Waals surface area (Å²) >= 11 is 0. The van der Waals surface area contributed by atoms with Crippen LogP contribution in [0.1, 0.15) is 52.0 Å². The van der Waals surface area contributed by atoms with Crippen LogP contribution in [0.5, 0.6) is 0 Å². The molecule has 2 amide bonds. The summed E-state index contributed by atoms with van der Waals surface area (Å²) in [7, 11) is 0. The molecule has 160 valence electrons. The van der Waals surface area contributed by atoms with Crippen LogP contribution in [0.3, 0.4) is 0 Å². The van der Waals surface area contributed by atoms with Crippen LogP contribution in [0.2, 0.25) is 0 Å². The van der Waals surface area contributed by atoms with Gasteiger partial charge in [-0.2, -0.15) is 0 Å². The smallest absolute Gasteiger partial charge is 0.410 e. The number of nitrogens with one attached hydrogen (secondary N) is 1. The maximum Gasteiger partial charge on any atom is 0.410 e. The van der Waals surface area contributed by atoms with Crippen molar-refractivity contribution in [2.45, 2.75) is 58.7 Å². The molecule has 2 rings (SSSR count). The summed E-state index contributed by atoms with van der Waals surface area (Å²) in [5, 5.41) is 2.67. The van der Waals surface area contributed by atoms with Gasteiger partial charge in [0.2, 0.25) is 0 Å². The molecule has 1 fully saturated rings. The molecule has 0 unspecified atom stereocenters. The van der Waals surface area contributed by atoms with Crippen LogP contribution in [0, 0.1) is 5.92 Å². The van der Waals surface area contributed by atoms with E-state index in [9.17, 15) is 14.4 Å². The van der Waals surface area contributed by atoms with Crippen molar-refractivity contribution < 1.29 is 23.9 Å². The number of likely N-dealkylation sites (tertiary alicyclic amines) is 1. The molecule has 1 saturated heterocycles. The van der Waals surface area contributed by atoms with Gasteiger partial charge in [0.1, 0.15) is 18.0 Å². The molecule has 1 heterocycles. The molecule has 0 radical (unpaired) electrons. The minimum Gasteiger partial charge on any atom is -0.445 e. The van der Waals surface area contributed by atoms with Gasteiger partial charge >= 0.3 is 12.2 Å².